The van der Waals surface area contributed by atoms with Gasteiger partial charge in [-0.15, -0.1) is 11.6 Å². The predicted octanol–water partition coefficient (Wildman–Crippen LogP) is 2.44. The van der Waals surface area contributed by atoms with Crippen LogP contribution in [0.3, 0.4) is 0 Å². The van der Waals surface area contributed by atoms with E-state index in [2.05, 4.69) is 15.0 Å². The van der Waals surface area contributed by atoms with Gasteiger partial charge in [0.1, 0.15) is 11.6 Å². The Bertz CT molecular complexity index is 635. The molecule has 3 heterocycles. The third kappa shape index (κ3) is 2.88. The summed E-state index contributed by atoms with van der Waals surface area (Å²) in [7, 11) is 0. The summed E-state index contributed by atoms with van der Waals surface area (Å²) in [5, 5.41) is 0. The molecule has 0 radical (unpaired) electrons. The minimum atomic E-state index is -0.0443. The highest BCUT2D eigenvalue weighted by Crippen LogP contribution is 2.31. The highest BCUT2D eigenvalue weighted by Gasteiger charge is 2.30. The molecule has 1 atom stereocenters. The lowest BCUT2D eigenvalue weighted by molar-refractivity contribution is -0.129. The minimum Gasteiger partial charge on any atom is -0.333 e. The molecule has 0 aromatic carbocycles. The first-order valence-electron chi connectivity index (χ1n) is 6.89. The van der Waals surface area contributed by atoms with Crippen molar-refractivity contribution in [2.75, 3.05) is 12.4 Å². The van der Waals surface area contributed by atoms with E-state index in [4.69, 9.17) is 11.6 Å². The van der Waals surface area contributed by atoms with E-state index >= 15 is 0 Å². The minimum absolute atomic E-state index is 0.00861. The quantitative estimate of drug-likeness (QED) is 0.817. The van der Waals surface area contributed by atoms with Crippen LogP contribution >= 0.6 is 11.6 Å². The van der Waals surface area contributed by atoms with Crippen LogP contribution in [-0.4, -0.2) is 38.2 Å². The van der Waals surface area contributed by atoms with Crippen LogP contribution in [0.15, 0.2) is 36.7 Å². The summed E-state index contributed by atoms with van der Waals surface area (Å²) < 4.78 is 0. The van der Waals surface area contributed by atoms with Gasteiger partial charge in [-0.2, -0.15) is 0 Å². The number of rotatable bonds is 3. The van der Waals surface area contributed by atoms with Crippen molar-refractivity contribution in [3.05, 3.63) is 42.4 Å². The maximum Gasteiger partial charge on any atom is 0.238 e. The normalized spacial score (nSPS) is 18.0. The highest BCUT2D eigenvalue weighted by molar-refractivity contribution is 6.27. The Kier molecular flexibility index (Phi) is 4.10. The second-order valence-corrected chi connectivity index (χ2v) is 5.17. The molecule has 1 aliphatic rings. The largest absolute Gasteiger partial charge is 0.333 e. The zero-order valence-corrected chi connectivity index (χ0v) is 12.2. The van der Waals surface area contributed by atoms with Gasteiger partial charge in [0.25, 0.3) is 0 Å². The topological polar surface area (TPSA) is 59.0 Å². The molecule has 1 unspecified atom stereocenters. The number of halogens is 1. The Morgan fingerprint density at radius 3 is 2.95 bits per heavy atom. The molecular weight excluding hydrogens is 288 g/mol. The average Bonchev–Trinajstić information content (AvgIpc) is 3.05. The second kappa shape index (κ2) is 6.18. The SMILES string of the molecule is O=C(CCl)N1CCCC1c1ccnc(-c2ccccn2)n1. The zero-order chi connectivity index (χ0) is 14.7. The van der Waals surface area contributed by atoms with Gasteiger partial charge in [-0.25, -0.2) is 9.97 Å². The number of nitrogens with zero attached hydrogens (tertiary/aromatic N) is 4. The number of hydrogen-bond donors (Lipinski definition) is 0. The average molecular weight is 303 g/mol. The van der Waals surface area contributed by atoms with Gasteiger partial charge >= 0.3 is 0 Å². The molecule has 21 heavy (non-hydrogen) atoms. The molecule has 0 spiro atoms. The molecule has 0 bridgehead atoms. The van der Waals surface area contributed by atoms with Crippen molar-refractivity contribution in [3.8, 4) is 11.5 Å². The molecule has 2 aromatic heterocycles. The van der Waals surface area contributed by atoms with Gasteiger partial charge in [0.05, 0.1) is 11.7 Å². The van der Waals surface area contributed by atoms with Crippen molar-refractivity contribution < 1.29 is 4.79 Å². The van der Waals surface area contributed by atoms with Gasteiger partial charge in [0, 0.05) is 18.9 Å². The van der Waals surface area contributed by atoms with Gasteiger partial charge in [0.15, 0.2) is 5.82 Å². The number of amides is 1. The van der Waals surface area contributed by atoms with Crippen LogP contribution in [0.4, 0.5) is 0 Å². The van der Waals surface area contributed by atoms with Crippen LogP contribution in [0.5, 0.6) is 0 Å². The number of hydrogen-bond acceptors (Lipinski definition) is 4. The van der Waals surface area contributed by atoms with E-state index in [0.717, 1.165) is 30.8 Å². The van der Waals surface area contributed by atoms with E-state index in [1.54, 1.807) is 17.3 Å². The molecule has 5 nitrogen and oxygen atoms in total. The molecule has 6 heteroatoms. The van der Waals surface area contributed by atoms with Crippen LogP contribution < -0.4 is 0 Å². The molecular formula is C15H15ClN4O. The third-order valence-electron chi connectivity index (χ3n) is 3.60. The van der Waals surface area contributed by atoms with E-state index < -0.39 is 0 Å². The Morgan fingerprint density at radius 2 is 2.19 bits per heavy atom. The van der Waals surface area contributed by atoms with Gasteiger partial charge in [-0.05, 0) is 31.0 Å². The summed E-state index contributed by atoms with van der Waals surface area (Å²) in [5.74, 6) is 0.546. The lowest BCUT2D eigenvalue weighted by Crippen LogP contribution is -2.31. The Balaban J connectivity index is 1.91. The first kappa shape index (κ1) is 13.9. The summed E-state index contributed by atoms with van der Waals surface area (Å²) in [5.41, 5.74) is 1.58. The van der Waals surface area contributed by atoms with Crippen molar-refractivity contribution in [3.63, 3.8) is 0 Å². The number of pyridine rings is 1. The third-order valence-corrected chi connectivity index (χ3v) is 3.83. The summed E-state index contributed by atoms with van der Waals surface area (Å²) in [6, 6.07) is 7.47. The summed E-state index contributed by atoms with van der Waals surface area (Å²) in [4.78, 5) is 26.8. The second-order valence-electron chi connectivity index (χ2n) is 4.90. The molecule has 1 fully saturated rings. The maximum atomic E-state index is 11.9. The van der Waals surface area contributed by atoms with Crippen LogP contribution in [0.1, 0.15) is 24.6 Å². The summed E-state index contributed by atoms with van der Waals surface area (Å²) >= 11 is 5.68. The zero-order valence-electron chi connectivity index (χ0n) is 11.4. The molecule has 0 saturated carbocycles. The van der Waals surface area contributed by atoms with E-state index in [1.807, 2.05) is 24.3 Å². The molecule has 0 N–H and O–H groups in total. The van der Waals surface area contributed by atoms with Crippen LogP contribution in [0, 0.1) is 0 Å². The van der Waals surface area contributed by atoms with Crippen molar-refractivity contribution in [2.45, 2.75) is 18.9 Å². The first-order valence-corrected chi connectivity index (χ1v) is 7.43. The maximum absolute atomic E-state index is 11.9. The van der Waals surface area contributed by atoms with Crippen molar-refractivity contribution in [1.82, 2.24) is 19.9 Å². The first-order chi connectivity index (χ1) is 10.3. The smallest absolute Gasteiger partial charge is 0.238 e. The van der Waals surface area contributed by atoms with Gasteiger partial charge in [0.2, 0.25) is 5.91 Å². The number of aromatic nitrogens is 3. The van der Waals surface area contributed by atoms with E-state index in [0.29, 0.717) is 5.82 Å². The number of carbonyl (C=O) groups excluding carboxylic acids is 1. The van der Waals surface area contributed by atoms with Crippen molar-refractivity contribution in [2.24, 2.45) is 0 Å². The highest BCUT2D eigenvalue weighted by atomic mass is 35.5. The number of alkyl halides is 1. The number of likely N-dealkylation sites (tertiary alicyclic amines) is 1. The van der Waals surface area contributed by atoms with Gasteiger partial charge in [-0.3, -0.25) is 9.78 Å². The van der Waals surface area contributed by atoms with Gasteiger partial charge in [-0.1, -0.05) is 6.07 Å². The van der Waals surface area contributed by atoms with Crippen molar-refractivity contribution >= 4 is 17.5 Å². The number of carbonyl (C=O) groups is 1. The molecule has 108 valence electrons. The summed E-state index contributed by atoms with van der Waals surface area (Å²) in [6.07, 6.45) is 5.30. The monoisotopic (exact) mass is 302 g/mol. The lowest BCUT2D eigenvalue weighted by Gasteiger charge is -2.23. The molecule has 0 aliphatic carbocycles. The predicted molar refractivity (Wildman–Crippen MR) is 79.7 cm³/mol. The van der Waals surface area contributed by atoms with Crippen molar-refractivity contribution in [1.29, 1.82) is 0 Å². The van der Waals surface area contributed by atoms with E-state index in [1.165, 1.54) is 0 Å². The standard InChI is InChI=1S/C15H15ClN4O/c16-10-14(21)20-9-3-5-13(20)11-6-8-18-15(19-11)12-4-1-2-7-17-12/h1-2,4,6-8,13H,3,5,9-10H2. The fraction of sp³-hybridized carbons (Fsp3) is 0.333. The van der Waals surface area contributed by atoms with E-state index in [9.17, 15) is 4.79 Å². The van der Waals surface area contributed by atoms with Gasteiger partial charge < -0.3 is 4.90 Å². The fourth-order valence-corrected chi connectivity index (χ4v) is 2.78. The fourth-order valence-electron chi connectivity index (χ4n) is 2.63. The Hall–Kier alpha value is -2.01. The lowest BCUT2D eigenvalue weighted by atomic mass is 10.1. The Morgan fingerprint density at radius 1 is 1.29 bits per heavy atom. The molecule has 3 rings (SSSR count). The summed E-state index contributed by atoms with van der Waals surface area (Å²) in [6.45, 7) is 0.735. The van der Waals surface area contributed by atoms with Crippen LogP contribution in [0.25, 0.3) is 11.5 Å². The molecule has 1 aliphatic heterocycles. The Labute approximate surface area is 128 Å². The molecule has 1 saturated heterocycles. The van der Waals surface area contributed by atoms with Crippen LogP contribution in [0.2, 0.25) is 0 Å². The van der Waals surface area contributed by atoms with Crippen LogP contribution in [-0.2, 0) is 4.79 Å². The molecule has 2 aromatic rings. The molecule has 1 amide bonds. The van der Waals surface area contributed by atoms with E-state index in [-0.39, 0.29) is 17.8 Å².